The first-order chi connectivity index (χ1) is 9.63. The second kappa shape index (κ2) is 5.46. The Kier molecular flexibility index (Phi) is 3.68. The number of fused-ring (bicyclic) bond motifs is 1. The number of nitrogens with zero attached hydrogens (tertiary/aromatic N) is 2. The van der Waals surface area contributed by atoms with Gasteiger partial charge in [-0.05, 0) is 37.5 Å². The first kappa shape index (κ1) is 13.5. The summed E-state index contributed by atoms with van der Waals surface area (Å²) >= 11 is 0. The molecule has 1 aliphatic carbocycles. The van der Waals surface area contributed by atoms with Gasteiger partial charge in [0, 0.05) is 25.3 Å². The lowest BCUT2D eigenvalue weighted by atomic mass is 9.79. The highest BCUT2D eigenvalue weighted by molar-refractivity contribution is 5.92. The molecule has 1 aromatic heterocycles. The Hall–Kier alpha value is -1.52. The van der Waals surface area contributed by atoms with Gasteiger partial charge >= 0.3 is 0 Å². The van der Waals surface area contributed by atoms with Crippen LogP contribution >= 0.6 is 0 Å². The zero-order chi connectivity index (χ0) is 14.1. The Balaban J connectivity index is 1.63. The van der Waals surface area contributed by atoms with Crippen molar-refractivity contribution in [3.05, 3.63) is 11.9 Å². The van der Waals surface area contributed by atoms with Crippen LogP contribution in [-0.2, 0) is 6.54 Å². The zero-order valence-corrected chi connectivity index (χ0v) is 12.4. The third-order valence-corrected chi connectivity index (χ3v) is 4.80. The molecule has 5 heteroatoms. The van der Waals surface area contributed by atoms with Crippen molar-refractivity contribution in [3.8, 4) is 0 Å². The van der Waals surface area contributed by atoms with Crippen LogP contribution in [0.15, 0.2) is 6.20 Å². The summed E-state index contributed by atoms with van der Waals surface area (Å²) < 4.78 is 2.03. The SMILES string of the molecule is CC1CCC(NC(=O)c2cn3c(n2)NCCC3)CC1C. The average Bonchev–Trinajstić information content (AvgIpc) is 2.87. The fraction of sp³-hybridized carbons (Fsp3) is 0.733. The van der Waals surface area contributed by atoms with Crippen molar-refractivity contribution in [1.29, 1.82) is 0 Å². The molecule has 2 aliphatic rings. The topological polar surface area (TPSA) is 59.0 Å². The third kappa shape index (κ3) is 2.67. The molecule has 0 radical (unpaired) electrons. The molecule has 2 heterocycles. The van der Waals surface area contributed by atoms with Crippen molar-refractivity contribution in [2.75, 3.05) is 11.9 Å². The summed E-state index contributed by atoms with van der Waals surface area (Å²) in [6.45, 7) is 6.47. The normalized spacial score (nSPS) is 29.4. The van der Waals surface area contributed by atoms with E-state index in [0.717, 1.165) is 44.2 Å². The molecule has 0 bridgehead atoms. The Bertz CT molecular complexity index is 473. The predicted molar refractivity (Wildman–Crippen MR) is 78.8 cm³/mol. The minimum Gasteiger partial charge on any atom is -0.356 e. The number of hydrogen-bond acceptors (Lipinski definition) is 3. The van der Waals surface area contributed by atoms with Gasteiger partial charge in [0.25, 0.3) is 5.91 Å². The lowest BCUT2D eigenvalue weighted by Gasteiger charge is -2.32. The van der Waals surface area contributed by atoms with Gasteiger partial charge in [0.2, 0.25) is 5.95 Å². The molecule has 5 nitrogen and oxygen atoms in total. The standard InChI is InChI=1S/C15H24N4O/c1-10-4-5-12(8-11(10)2)17-14(20)13-9-19-7-3-6-16-15(19)18-13/h9-12H,3-8H2,1-2H3,(H,16,18)(H,17,20). The number of amides is 1. The molecule has 3 unspecified atom stereocenters. The molecular formula is C15H24N4O. The first-order valence-electron chi connectivity index (χ1n) is 7.75. The van der Waals surface area contributed by atoms with Crippen LogP contribution in [0.3, 0.4) is 0 Å². The largest absolute Gasteiger partial charge is 0.356 e. The number of carbonyl (C=O) groups excluding carboxylic acids is 1. The van der Waals surface area contributed by atoms with Gasteiger partial charge in [0.1, 0.15) is 5.69 Å². The molecule has 3 atom stereocenters. The highest BCUT2D eigenvalue weighted by Gasteiger charge is 2.26. The number of carbonyl (C=O) groups is 1. The number of imidazole rings is 1. The van der Waals surface area contributed by atoms with E-state index in [1.54, 1.807) is 0 Å². The van der Waals surface area contributed by atoms with Gasteiger partial charge in [-0.15, -0.1) is 0 Å². The molecule has 3 rings (SSSR count). The van der Waals surface area contributed by atoms with E-state index in [-0.39, 0.29) is 5.91 Å². The predicted octanol–water partition coefficient (Wildman–Crippen LogP) is 2.25. The fourth-order valence-electron chi connectivity index (χ4n) is 3.22. The molecule has 0 aromatic carbocycles. The Labute approximate surface area is 120 Å². The van der Waals surface area contributed by atoms with Gasteiger partial charge in [-0.2, -0.15) is 0 Å². The zero-order valence-electron chi connectivity index (χ0n) is 12.4. The van der Waals surface area contributed by atoms with Crippen LogP contribution in [0.4, 0.5) is 5.95 Å². The maximum absolute atomic E-state index is 12.3. The Morgan fingerprint density at radius 1 is 1.40 bits per heavy atom. The monoisotopic (exact) mass is 276 g/mol. The Morgan fingerprint density at radius 2 is 2.25 bits per heavy atom. The number of aromatic nitrogens is 2. The molecular weight excluding hydrogens is 252 g/mol. The maximum Gasteiger partial charge on any atom is 0.271 e. The molecule has 1 saturated carbocycles. The minimum atomic E-state index is -0.0274. The number of aryl methyl sites for hydroxylation is 1. The van der Waals surface area contributed by atoms with E-state index in [0.29, 0.717) is 17.7 Å². The van der Waals surface area contributed by atoms with Crippen LogP contribution in [0.2, 0.25) is 0 Å². The van der Waals surface area contributed by atoms with E-state index in [1.165, 1.54) is 6.42 Å². The number of rotatable bonds is 2. The van der Waals surface area contributed by atoms with Crippen LogP contribution in [0.5, 0.6) is 0 Å². The van der Waals surface area contributed by atoms with Crippen molar-refractivity contribution in [3.63, 3.8) is 0 Å². The van der Waals surface area contributed by atoms with Crippen molar-refractivity contribution in [2.24, 2.45) is 11.8 Å². The van der Waals surface area contributed by atoms with Gasteiger partial charge in [-0.1, -0.05) is 13.8 Å². The maximum atomic E-state index is 12.3. The summed E-state index contributed by atoms with van der Waals surface area (Å²) in [7, 11) is 0. The molecule has 1 aromatic rings. The molecule has 1 amide bonds. The van der Waals surface area contributed by atoms with Crippen LogP contribution in [0.1, 0.15) is 50.0 Å². The van der Waals surface area contributed by atoms with Gasteiger partial charge in [0.05, 0.1) is 0 Å². The van der Waals surface area contributed by atoms with Gasteiger partial charge in [0.15, 0.2) is 0 Å². The second-order valence-electron chi connectivity index (χ2n) is 6.36. The lowest BCUT2D eigenvalue weighted by Crippen LogP contribution is -2.40. The van der Waals surface area contributed by atoms with E-state index in [2.05, 4.69) is 29.5 Å². The molecule has 20 heavy (non-hydrogen) atoms. The third-order valence-electron chi connectivity index (χ3n) is 4.80. The number of nitrogens with one attached hydrogen (secondary N) is 2. The summed E-state index contributed by atoms with van der Waals surface area (Å²) in [5.41, 5.74) is 0.542. The van der Waals surface area contributed by atoms with Crippen LogP contribution < -0.4 is 10.6 Å². The van der Waals surface area contributed by atoms with E-state index in [4.69, 9.17) is 0 Å². The molecule has 0 spiro atoms. The fourth-order valence-corrected chi connectivity index (χ4v) is 3.22. The van der Waals surface area contributed by atoms with Crippen LogP contribution in [-0.4, -0.2) is 28.0 Å². The Morgan fingerprint density at radius 3 is 3.00 bits per heavy atom. The van der Waals surface area contributed by atoms with Gasteiger partial charge in [-0.25, -0.2) is 4.98 Å². The van der Waals surface area contributed by atoms with E-state index in [9.17, 15) is 4.79 Å². The van der Waals surface area contributed by atoms with Crippen LogP contribution in [0, 0.1) is 11.8 Å². The van der Waals surface area contributed by atoms with Gasteiger partial charge < -0.3 is 15.2 Å². The van der Waals surface area contributed by atoms with Crippen molar-refractivity contribution in [1.82, 2.24) is 14.9 Å². The summed E-state index contributed by atoms with van der Waals surface area (Å²) in [5, 5.41) is 6.38. The van der Waals surface area contributed by atoms with Crippen molar-refractivity contribution in [2.45, 2.75) is 52.1 Å². The number of hydrogen-bond donors (Lipinski definition) is 2. The van der Waals surface area contributed by atoms with Crippen molar-refractivity contribution < 1.29 is 4.79 Å². The quantitative estimate of drug-likeness (QED) is 0.871. The highest BCUT2D eigenvalue weighted by atomic mass is 16.2. The summed E-state index contributed by atoms with van der Waals surface area (Å²) in [6.07, 6.45) is 6.32. The molecule has 0 saturated heterocycles. The number of anilines is 1. The molecule has 2 N–H and O–H groups in total. The summed E-state index contributed by atoms with van der Waals surface area (Å²) in [4.78, 5) is 16.7. The first-order valence-corrected chi connectivity index (χ1v) is 7.75. The lowest BCUT2D eigenvalue weighted by molar-refractivity contribution is 0.0906. The summed E-state index contributed by atoms with van der Waals surface area (Å²) in [6, 6.07) is 0.306. The second-order valence-corrected chi connectivity index (χ2v) is 6.36. The van der Waals surface area contributed by atoms with Crippen LogP contribution in [0.25, 0.3) is 0 Å². The summed E-state index contributed by atoms with van der Waals surface area (Å²) in [5.74, 6) is 2.26. The smallest absolute Gasteiger partial charge is 0.271 e. The molecule has 1 aliphatic heterocycles. The minimum absolute atomic E-state index is 0.0274. The van der Waals surface area contributed by atoms with E-state index in [1.807, 2.05) is 10.8 Å². The molecule has 110 valence electrons. The van der Waals surface area contributed by atoms with E-state index < -0.39 is 0 Å². The van der Waals surface area contributed by atoms with E-state index >= 15 is 0 Å². The van der Waals surface area contributed by atoms with Crippen molar-refractivity contribution >= 4 is 11.9 Å². The molecule has 1 fully saturated rings. The van der Waals surface area contributed by atoms with Gasteiger partial charge in [-0.3, -0.25) is 4.79 Å². The highest BCUT2D eigenvalue weighted by Crippen LogP contribution is 2.29. The average molecular weight is 276 g/mol.